The number of aliphatic hydroxyl groups is 1. The van der Waals surface area contributed by atoms with Gasteiger partial charge in [0.05, 0.1) is 6.10 Å². The van der Waals surface area contributed by atoms with E-state index in [2.05, 4.69) is 53.7 Å². The molecular weight excluding hydrogens is 272 g/mol. The van der Waals surface area contributed by atoms with Crippen molar-refractivity contribution in [2.45, 2.75) is 90.1 Å². The molecule has 0 unspecified atom stereocenters. The highest BCUT2D eigenvalue weighted by molar-refractivity contribution is 5.50. The Balaban J connectivity index is 2.51. The molecule has 0 amide bonds. The first-order valence-electron chi connectivity index (χ1n) is 8.56. The lowest BCUT2D eigenvalue weighted by Gasteiger charge is -2.31. The van der Waals surface area contributed by atoms with E-state index in [-0.39, 0.29) is 16.9 Å². The average Bonchev–Trinajstić information content (AvgIpc) is 2.37. The van der Waals surface area contributed by atoms with Crippen LogP contribution in [0.1, 0.15) is 89.8 Å². The fraction of sp³-hybridized carbons (Fsp3) is 0.700. The molecule has 1 aromatic carbocycles. The van der Waals surface area contributed by atoms with E-state index >= 15 is 0 Å². The summed E-state index contributed by atoms with van der Waals surface area (Å²) in [6.07, 6.45) is 3.73. The Labute approximate surface area is 135 Å². The molecule has 0 aliphatic heterocycles. The van der Waals surface area contributed by atoms with E-state index in [4.69, 9.17) is 0 Å². The zero-order valence-corrected chi connectivity index (χ0v) is 15.0. The predicted molar refractivity (Wildman–Crippen MR) is 92.7 cm³/mol. The highest BCUT2D eigenvalue weighted by Crippen LogP contribution is 2.43. The average molecular weight is 304 g/mol. The molecule has 0 saturated heterocycles. The summed E-state index contributed by atoms with van der Waals surface area (Å²) in [5.41, 5.74) is 3.27. The van der Waals surface area contributed by atoms with E-state index in [1.165, 1.54) is 5.56 Å². The number of hydrogen-bond donors (Lipinski definition) is 2. The Hall–Kier alpha value is -1.02. The monoisotopic (exact) mass is 304 g/mol. The number of aromatic hydroxyl groups is 1. The molecule has 0 radical (unpaired) electrons. The molecule has 0 bridgehead atoms. The number of hydrogen-bond acceptors (Lipinski definition) is 2. The number of benzene rings is 1. The second kappa shape index (κ2) is 5.88. The van der Waals surface area contributed by atoms with Crippen LogP contribution in [0, 0.1) is 0 Å². The second-order valence-corrected chi connectivity index (χ2v) is 8.97. The number of aliphatic hydroxyl groups excluding tert-OH is 1. The highest BCUT2D eigenvalue weighted by Gasteiger charge is 2.29. The van der Waals surface area contributed by atoms with Crippen LogP contribution in [0.5, 0.6) is 5.75 Å². The molecule has 0 spiro atoms. The van der Waals surface area contributed by atoms with E-state index in [1.54, 1.807) is 0 Å². The van der Waals surface area contributed by atoms with Crippen molar-refractivity contribution < 1.29 is 10.2 Å². The Bertz CT molecular complexity index is 489. The van der Waals surface area contributed by atoms with Gasteiger partial charge in [-0.1, -0.05) is 53.7 Å². The van der Waals surface area contributed by atoms with Gasteiger partial charge in [-0.05, 0) is 59.1 Å². The lowest BCUT2D eigenvalue weighted by Crippen LogP contribution is -2.21. The standard InChI is InChI=1S/C20H32O2/c1-19(2,3)16-11-14(13-7-9-15(21)10-8-13)12-17(18(16)22)20(4,5)6/h11-13,15,21-22H,7-10H2,1-6H3. The zero-order valence-electron chi connectivity index (χ0n) is 15.0. The zero-order chi connectivity index (χ0) is 16.7. The summed E-state index contributed by atoms with van der Waals surface area (Å²) in [5, 5.41) is 20.5. The molecule has 2 rings (SSSR count). The van der Waals surface area contributed by atoms with E-state index in [1.807, 2.05) is 0 Å². The van der Waals surface area contributed by atoms with Crippen LogP contribution in [0.25, 0.3) is 0 Å². The number of phenols is 1. The van der Waals surface area contributed by atoms with Gasteiger partial charge in [-0.2, -0.15) is 0 Å². The first kappa shape index (κ1) is 17.3. The molecule has 1 saturated carbocycles. The van der Waals surface area contributed by atoms with Crippen LogP contribution in [0.4, 0.5) is 0 Å². The Morgan fingerprint density at radius 2 is 1.23 bits per heavy atom. The van der Waals surface area contributed by atoms with Gasteiger partial charge < -0.3 is 10.2 Å². The summed E-state index contributed by atoms with van der Waals surface area (Å²) in [6, 6.07) is 4.40. The molecule has 1 fully saturated rings. The van der Waals surface area contributed by atoms with Gasteiger partial charge in [-0.3, -0.25) is 0 Å². The quantitative estimate of drug-likeness (QED) is 0.766. The molecule has 1 aliphatic rings. The molecule has 0 aromatic heterocycles. The number of phenolic OH excluding ortho intramolecular Hbond substituents is 1. The van der Waals surface area contributed by atoms with E-state index < -0.39 is 0 Å². The first-order valence-corrected chi connectivity index (χ1v) is 8.56. The van der Waals surface area contributed by atoms with Crippen molar-refractivity contribution in [2.75, 3.05) is 0 Å². The van der Waals surface area contributed by atoms with E-state index in [0.717, 1.165) is 36.8 Å². The summed E-state index contributed by atoms with van der Waals surface area (Å²) in [5.74, 6) is 0.964. The van der Waals surface area contributed by atoms with Crippen LogP contribution < -0.4 is 0 Å². The molecule has 0 heterocycles. The molecule has 2 nitrogen and oxygen atoms in total. The maximum atomic E-state index is 10.8. The van der Waals surface area contributed by atoms with Crippen LogP contribution in [0.3, 0.4) is 0 Å². The lowest BCUT2D eigenvalue weighted by atomic mass is 9.75. The minimum atomic E-state index is -0.127. The molecule has 1 aliphatic carbocycles. The fourth-order valence-electron chi connectivity index (χ4n) is 3.45. The SMILES string of the molecule is CC(C)(C)c1cc(C2CCC(O)CC2)cc(C(C)(C)C)c1O. The number of rotatable bonds is 1. The van der Waals surface area contributed by atoms with Crippen LogP contribution in [0.15, 0.2) is 12.1 Å². The van der Waals surface area contributed by atoms with Crippen molar-refractivity contribution in [3.8, 4) is 5.75 Å². The van der Waals surface area contributed by atoms with Gasteiger partial charge in [-0.15, -0.1) is 0 Å². The van der Waals surface area contributed by atoms with Crippen molar-refractivity contribution in [2.24, 2.45) is 0 Å². The van der Waals surface area contributed by atoms with Gasteiger partial charge in [0.25, 0.3) is 0 Å². The largest absolute Gasteiger partial charge is 0.507 e. The summed E-state index contributed by atoms with van der Waals surface area (Å²) in [7, 11) is 0. The molecule has 0 atom stereocenters. The van der Waals surface area contributed by atoms with E-state index in [0.29, 0.717) is 11.7 Å². The second-order valence-electron chi connectivity index (χ2n) is 8.97. The van der Waals surface area contributed by atoms with Crippen LogP contribution in [0.2, 0.25) is 0 Å². The summed E-state index contributed by atoms with van der Waals surface area (Å²) < 4.78 is 0. The normalized spacial score (nSPS) is 23.6. The predicted octanol–water partition coefficient (Wildman–Crippen LogP) is 5.01. The third-order valence-corrected chi connectivity index (χ3v) is 4.92. The Morgan fingerprint density at radius 3 is 1.59 bits per heavy atom. The molecule has 2 N–H and O–H groups in total. The van der Waals surface area contributed by atoms with Crippen molar-refractivity contribution in [1.29, 1.82) is 0 Å². The Kier molecular flexibility index (Phi) is 4.64. The molecule has 22 heavy (non-hydrogen) atoms. The van der Waals surface area contributed by atoms with Gasteiger partial charge >= 0.3 is 0 Å². The van der Waals surface area contributed by atoms with Crippen molar-refractivity contribution >= 4 is 0 Å². The van der Waals surface area contributed by atoms with Crippen molar-refractivity contribution in [3.05, 3.63) is 28.8 Å². The Morgan fingerprint density at radius 1 is 0.818 bits per heavy atom. The molecule has 124 valence electrons. The molecule has 2 heteroatoms. The fourth-order valence-corrected chi connectivity index (χ4v) is 3.45. The maximum Gasteiger partial charge on any atom is 0.123 e. The van der Waals surface area contributed by atoms with Crippen LogP contribution in [-0.2, 0) is 10.8 Å². The smallest absolute Gasteiger partial charge is 0.123 e. The van der Waals surface area contributed by atoms with Gasteiger partial charge in [0, 0.05) is 0 Å². The minimum Gasteiger partial charge on any atom is -0.507 e. The third kappa shape index (κ3) is 3.65. The lowest BCUT2D eigenvalue weighted by molar-refractivity contribution is 0.122. The van der Waals surface area contributed by atoms with Crippen molar-refractivity contribution in [3.63, 3.8) is 0 Å². The summed E-state index contributed by atoms with van der Waals surface area (Å²) >= 11 is 0. The first-order chi connectivity index (χ1) is 10.00. The summed E-state index contributed by atoms with van der Waals surface area (Å²) in [4.78, 5) is 0. The van der Waals surface area contributed by atoms with Gasteiger partial charge in [0.2, 0.25) is 0 Å². The molecular formula is C20H32O2. The van der Waals surface area contributed by atoms with E-state index in [9.17, 15) is 10.2 Å². The molecule has 1 aromatic rings. The van der Waals surface area contributed by atoms with Crippen molar-refractivity contribution in [1.82, 2.24) is 0 Å². The van der Waals surface area contributed by atoms with Crippen LogP contribution in [-0.4, -0.2) is 16.3 Å². The summed E-state index contributed by atoms with van der Waals surface area (Å²) in [6.45, 7) is 12.9. The van der Waals surface area contributed by atoms with Gasteiger partial charge in [0.1, 0.15) is 5.75 Å². The minimum absolute atomic E-state index is 0.0751. The maximum absolute atomic E-state index is 10.8. The highest BCUT2D eigenvalue weighted by atomic mass is 16.3. The van der Waals surface area contributed by atoms with Gasteiger partial charge in [0.15, 0.2) is 0 Å². The van der Waals surface area contributed by atoms with Crippen LogP contribution >= 0.6 is 0 Å². The van der Waals surface area contributed by atoms with Gasteiger partial charge in [-0.25, -0.2) is 0 Å². The third-order valence-electron chi connectivity index (χ3n) is 4.92. The topological polar surface area (TPSA) is 40.5 Å².